The van der Waals surface area contributed by atoms with Gasteiger partial charge in [0.25, 0.3) is 0 Å². The fraction of sp³-hybridized carbons (Fsp3) is 0.647. The van der Waals surface area contributed by atoms with Crippen LogP contribution in [0.1, 0.15) is 44.6 Å². The van der Waals surface area contributed by atoms with Crippen molar-refractivity contribution in [1.82, 2.24) is 5.32 Å². The molecule has 1 aliphatic carbocycles. The Balaban J connectivity index is 2.02. The fourth-order valence-corrected chi connectivity index (χ4v) is 3.81. The highest BCUT2D eigenvalue weighted by molar-refractivity contribution is 6.42. The van der Waals surface area contributed by atoms with Gasteiger partial charge in [0, 0.05) is 6.04 Å². The molecule has 1 nitrogen and oxygen atoms in total. The average molecular weight is 314 g/mol. The summed E-state index contributed by atoms with van der Waals surface area (Å²) in [5.41, 5.74) is 1.28. The highest BCUT2D eigenvalue weighted by Gasteiger charge is 2.27. The van der Waals surface area contributed by atoms with Crippen LogP contribution >= 0.6 is 23.2 Å². The molecule has 1 aromatic rings. The second-order valence-corrected chi connectivity index (χ2v) is 6.86. The normalized spacial score (nSPS) is 24.6. The lowest BCUT2D eigenvalue weighted by Gasteiger charge is -2.34. The molecular weight excluding hydrogens is 289 g/mol. The molecule has 1 N–H and O–H groups in total. The second-order valence-electron chi connectivity index (χ2n) is 6.05. The third-order valence-electron chi connectivity index (χ3n) is 4.78. The quantitative estimate of drug-likeness (QED) is 0.773. The van der Waals surface area contributed by atoms with Gasteiger partial charge in [-0.05, 0) is 55.8 Å². The SMILES string of the molecule is CCC1CCCC(C(Cc2ccc(Cl)c(Cl)c2)NC)C1. The van der Waals surface area contributed by atoms with Crippen molar-refractivity contribution < 1.29 is 0 Å². The first-order chi connectivity index (χ1) is 9.63. The van der Waals surface area contributed by atoms with E-state index in [2.05, 4.69) is 25.4 Å². The molecule has 0 spiro atoms. The summed E-state index contributed by atoms with van der Waals surface area (Å²) in [7, 11) is 2.08. The molecule has 0 saturated heterocycles. The van der Waals surface area contributed by atoms with E-state index in [1.807, 2.05) is 12.1 Å². The van der Waals surface area contributed by atoms with Crippen LogP contribution in [0.25, 0.3) is 0 Å². The van der Waals surface area contributed by atoms with Crippen LogP contribution in [0.15, 0.2) is 18.2 Å². The van der Waals surface area contributed by atoms with Crippen LogP contribution in [-0.2, 0) is 6.42 Å². The average Bonchev–Trinajstić information content (AvgIpc) is 2.48. The number of nitrogens with one attached hydrogen (secondary N) is 1. The Labute approximate surface area is 133 Å². The highest BCUT2D eigenvalue weighted by Crippen LogP contribution is 2.34. The first-order valence-corrected chi connectivity index (χ1v) is 8.50. The Morgan fingerprint density at radius 3 is 2.70 bits per heavy atom. The lowest BCUT2D eigenvalue weighted by Crippen LogP contribution is -2.38. The number of rotatable bonds is 5. The number of halogens is 2. The molecule has 0 aliphatic heterocycles. The van der Waals surface area contributed by atoms with E-state index in [1.165, 1.54) is 37.7 Å². The van der Waals surface area contributed by atoms with Crippen LogP contribution in [0.4, 0.5) is 0 Å². The summed E-state index contributed by atoms with van der Waals surface area (Å²) in [5, 5.41) is 4.82. The van der Waals surface area contributed by atoms with Crippen LogP contribution in [-0.4, -0.2) is 13.1 Å². The Bertz CT molecular complexity index is 433. The molecule has 1 aromatic carbocycles. The zero-order chi connectivity index (χ0) is 14.5. The summed E-state index contributed by atoms with van der Waals surface area (Å²) >= 11 is 12.1. The van der Waals surface area contributed by atoms with E-state index in [1.54, 1.807) is 0 Å². The predicted molar refractivity (Wildman–Crippen MR) is 88.8 cm³/mol. The summed E-state index contributed by atoms with van der Waals surface area (Å²) in [6.07, 6.45) is 7.86. The minimum absolute atomic E-state index is 0.543. The van der Waals surface area contributed by atoms with E-state index < -0.39 is 0 Å². The molecule has 1 fully saturated rings. The zero-order valence-electron chi connectivity index (χ0n) is 12.5. The minimum Gasteiger partial charge on any atom is -0.316 e. The standard InChI is InChI=1S/C17H25Cl2N/c1-3-12-5-4-6-14(9-12)17(20-2)11-13-7-8-15(18)16(19)10-13/h7-8,10,12,14,17,20H,3-6,9,11H2,1-2H3. The van der Waals surface area contributed by atoms with E-state index >= 15 is 0 Å². The fourth-order valence-electron chi connectivity index (χ4n) is 3.49. The molecular formula is C17H25Cl2N. The van der Waals surface area contributed by atoms with Crippen LogP contribution in [0.3, 0.4) is 0 Å². The molecule has 2 rings (SSSR count). The van der Waals surface area contributed by atoms with Gasteiger partial charge in [0.1, 0.15) is 0 Å². The van der Waals surface area contributed by atoms with Gasteiger partial charge in [0.2, 0.25) is 0 Å². The Morgan fingerprint density at radius 2 is 2.05 bits per heavy atom. The highest BCUT2D eigenvalue weighted by atomic mass is 35.5. The van der Waals surface area contributed by atoms with E-state index in [-0.39, 0.29) is 0 Å². The second kappa shape index (κ2) is 7.68. The number of benzene rings is 1. The van der Waals surface area contributed by atoms with Crippen molar-refractivity contribution in [1.29, 1.82) is 0 Å². The monoisotopic (exact) mass is 313 g/mol. The van der Waals surface area contributed by atoms with Crippen molar-refractivity contribution in [3.8, 4) is 0 Å². The van der Waals surface area contributed by atoms with Gasteiger partial charge in [0.05, 0.1) is 10.0 Å². The lowest BCUT2D eigenvalue weighted by atomic mass is 9.75. The van der Waals surface area contributed by atoms with Crippen LogP contribution < -0.4 is 5.32 Å². The van der Waals surface area contributed by atoms with Gasteiger partial charge in [-0.1, -0.05) is 55.5 Å². The molecule has 3 atom stereocenters. The lowest BCUT2D eigenvalue weighted by molar-refractivity contribution is 0.212. The number of hydrogen-bond donors (Lipinski definition) is 1. The van der Waals surface area contributed by atoms with Gasteiger partial charge in [-0.25, -0.2) is 0 Å². The molecule has 0 radical (unpaired) electrons. The molecule has 0 aromatic heterocycles. The van der Waals surface area contributed by atoms with E-state index in [0.717, 1.165) is 18.3 Å². The maximum atomic E-state index is 6.12. The Hall–Kier alpha value is -0.240. The Kier molecular flexibility index (Phi) is 6.20. The summed E-state index contributed by atoms with van der Waals surface area (Å²) < 4.78 is 0. The van der Waals surface area contributed by atoms with Crippen molar-refractivity contribution in [3.05, 3.63) is 33.8 Å². The molecule has 112 valence electrons. The van der Waals surface area contributed by atoms with E-state index in [9.17, 15) is 0 Å². The number of hydrogen-bond acceptors (Lipinski definition) is 1. The predicted octanol–water partition coefficient (Wildman–Crippen LogP) is 5.34. The van der Waals surface area contributed by atoms with Crippen molar-refractivity contribution in [3.63, 3.8) is 0 Å². The van der Waals surface area contributed by atoms with Gasteiger partial charge >= 0.3 is 0 Å². The largest absolute Gasteiger partial charge is 0.316 e. The molecule has 1 aliphatic rings. The van der Waals surface area contributed by atoms with Gasteiger partial charge < -0.3 is 5.32 Å². The Morgan fingerprint density at radius 1 is 1.25 bits per heavy atom. The first-order valence-electron chi connectivity index (χ1n) is 7.75. The van der Waals surface area contributed by atoms with Gasteiger partial charge in [-0.3, -0.25) is 0 Å². The molecule has 1 saturated carbocycles. The molecule has 20 heavy (non-hydrogen) atoms. The molecule has 0 bridgehead atoms. The van der Waals surface area contributed by atoms with Crippen molar-refractivity contribution >= 4 is 23.2 Å². The minimum atomic E-state index is 0.543. The van der Waals surface area contributed by atoms with Crippen LogP contribution in [0.5, 0.6) is 0 Å². The topological polar surface area (TPSA) is 12.0 Å². The summed E-state index contributed by atoms with van der Waals surface area (Å²) in [5.74, 6) is 1.70. The van der Waals surface area contributed by atoms with Crippen LogP contribution in [0, 0.1) is 11.8 Å². The zero-order valence-corrected chi connectivity index (χ0v) is 14.0. The van der Waals surface area contributed by atoms with Gasteiger partial charge in [-0.2, -0.15) is 0 Å². The summed E-state index contributed by atoms with van der Waals surface area (Å²) in [4.78, 5) is 0. The van der Waals surface area contributed by atoms with Crippen LogP contribution in [0.2, 0.25) is 10.0 Å². The number of likely N-dealkylation sites (N-methyl/N-ethyl adjacent to an activating group) is 1. The van der Waals surface area contributed by atoms with Gasteiger partial charge in [-0.15, -0.1) is 0 Å². The summed E-state index contributed by atoms with van der Waals surface area (Å²) in [6.45, 7) is 2.32. The van der Waals surface area contributed by atoms with Crippen molar-refractivity contribution in [2.45, 2.75) is 51.5 Å². The molecule has 0 heterocycles. The third-order valence-corrected chi connectivity index (χ3v) is 5.52. The van der Waals surface area contributed by atoms with Gasteiger partial charge in [0.15, 0.2) is 0 Å². The first kappa shape index (κ1) is 16.1. The maximum absolute atomic E-state index is 6.12. The molecule has 3 unspecified atom stereocenters. The van der Waals surface area contributed by atoms with E-state index in [0.29, 0.717) is 16.1 Å². The maximum Gasteiger partial charge on any atom is 0.0595 e. The smallest absolute Gasteiger partial charge is 0.0595 e. The van der Waals surface area contributed by atoms with Crippen molar-refractivity contribution in [2.24, 2.45) is 11.8 Å². The van der Waals surface area contributed by atoms with E-state index in [4.69, 9.17) is 23.2 Å². The molecule has 3 heteroatoms. The third kappa shape index (κ3) is 4.13. The summed E-state index contributed by atoms with van der Waals surface area (Å²) in [6, 6.07) is 6.55. The molecule has 0 amide bonds. The van der Waals surface area contributed by atoms with Crippen molar-refractivity contribution in [2.75, 3.05) is 7.05 Å².